The van der Waals surface area contributed by atoms with Crippen molar-refractivity contribution >= 4 is 0 Å². The highest BCUT2D eigenvalue weighted by atomic mass is 16.5. The van der Waals surface area contributed by atoms with Crippen molar-refractivity contribution in [3.63, 3.8) is 0 Å². The molecule has 0 bridgehead atoms. The number of piperazine rings is 1. The Morgan fingerprint density at radius 1 is 1.36 bits per heavy atom. The summed E-state index contributed by atoms with van der Waals surface area (Å²) in [6.07, 6.45) is 0. The Balaban J connectivity index is 1.96. The molecule has 3 heteroatoms. The van der Waals surface area contributed by atoms with E-state index in [1.165, 1.54) is 6.54 Å². The van der Waals surface area contributed by atoms with E-state index in [9.17, 15) is 0 Å². The minimum Gasteiger partial charge on any atom is -0.378 e. The summed E-state index contributed by atoms with van der Waals surface area (Å²) in [5.74, 6) is 0. The van der Waals surface area contributed by atoms with Crippen molar-refractivity contribution in [2.45, 2.75) is 32.9 Å². The first-order valence-electron chi connectivity index (χ1n) is 5.62. The van der Waals surface area contributed by atoms with Crippen LogP contribution in [0.15, 0.2) is 0 Å². The fraction of sp³-hybridized carbons (Fsp3) is 1.00. The van der Waals surface area contributed by atoms with Crippen LogP contribution < -0.4 is 5.32 Å². The van der Waals surface area contributed by atoms with Gasteiger partial charge >= 0.3 is 0 Å². The molecule has 2 unspecified atom stereocenters. The van der Waals surface area contributed by atoms with Crippen LogP contribution in [0.1, 0.15) is 20.8 Å². The zero-order valence-corrected chi connectivity index (χ0v) is 9.55. The van der Waals surface area contributed by atoms with Gasteiger partial charge in [0.15, 0.2) is 0 Å². The standard InChI is InChI=1S/C11H22N2O/c1-11(2,3)10-7-13-4-5-14-8-9(13)6-12-10/h9-10,12H,4-8H2,1-3H3. The van der Waals surface area contributed by atoms with E-state index in [1.807, 2.05) is 0 Å². The van der Waals surface area contributed by atoms with Gasteiger partial charge in [-0.3, -0.25) is 4.90 Å². The number of nitrogens with one attached hydrogen (secondary N) is 1. The van der Waals surface area contributed by atoms with E-state index in [1.54, 1.807) is 0 Å². The van der Waals surface area contributed by atoms with Crippen molar-refractivity contribution in [1.82, 2.24) is 10.2 Å². The largest absolute Gasteiger partial charge is 0.378 e. The van der Waals surface area contributed by atoms with Gasteiger partial charge < -0.3 is 10.1 Å². The quantitative estimate of drug-likeness (QED) is 0.620. The van der Waals surface area contributed by atoms with Gasteiger partial charge in [-0.1, -0.05) is 20.8 Å². The summed E-state index contributed by atoms with van der Waals surface area (Å²) < 4.78 is 5.48. The fourth-order valence-electron chi connectivity index (χ4n) is 2.27. The lowest BCUT2D eigenvalue weighted by atomic mass is 9.84. The van der Waals surface area contributed by atoms with Crippen LogP contribution in [-0.2, 0) is 4.74 Å². The average Bonchev–Trinajstić information content (AvgIpc) is 2.16. The molecule has 2 fully saturated rings. The summed E-state index contributed by atoms with van der Waals surface area (Å²) in [6.45, 7) is 12.1. The topological polar surface area (TPSA) is 24.5 Å². The first kappa shape index (κ1) is 10.4. The lowest BCUT2D eigenvalue weighted by Gasteiger charge is -2.46. The Hall–Kier alpha value is -0.120. The summed E-state index contributed by atoms with van der Waals surface area (Å²) in [7, 11) is 0. The van der Waals surface area contributed by atoms with Crippen LogP contribution in [-0.4, -0.2) is 49.8 Å². The SMILES string of the molecule is CC(C)(C)C1CN2CCOCC2CN1. The summed E-state index contributed by atoms with van der Waals surface area (Å²) in [4.78, 5) is 2.58. The van der Waals surface area contributed by atoms with Gasteiger partial charge in [0.1, 0.15) is 0 Å². The number of ether oxygens (including phenoxy) is 1. The predicted octanol–water partition coefficient (Wildman–Crippen LogP) is 0.705. The number of nitrogens with zero attached hydrogens (tertiary/aromatic N) is 1. The van der Waals surface area contributed by atoms with Gasteiger partial charge in [-0.25, -0.2) is 0 Å². The Labute approximate surface area is 86.8 Å². The second kappa shape index (κ2) is 3.80. The molecule has 1 N–H and O–H groups in total. The molecule has 0 aromatic rings. The molecule has 0 spiro atoms. The smallest absolute Gasteiger partial charge is 0.0634 e. The Bertz CT molecular complexity index is 200. The van der Waals surface area contributed by atoms with Gasteiger partial charge in [0.25, 0.3) is 0 Å². The van der Waals surface area contributed by atoms with Crippen molar-refractivity contribution in [3.8, 4) is 0 Å². The molecule has 0 aromatic heterocycles. The second-order valence-corrected chi connectivity index (χ2v) is 5.55. The van der Waals surface area contributed by atoms with Crippen molar-refractivity contribution in [2.24, 2.45) is 5.41 Å². The molecule has 0 radical (unpaired) electrons. The number of hydrogen-bond acceptors (Lipinski definition) is 3. The van der Waals surface area contributed by atoms with Crippen molar-refractivity contribution in [2.75, 3.05) is 32.8 Å². The molecule has 0 aliphatic carbocycles. The molecule has 2 aliphatic rings. The Morgan fingerprint density at radius 2 is 2.14 bits per heavy atom. The Morgan fingerprint density at radius 3 is 2.86 bits per heavy atom. The molecule has 14 heavy (non-hydrogen) atoms. The second-order valence-electron chi connectivity index (χ2n) is 5.55. The van der Waals surface area contributed by atoms with E-state index in [0.717, 1.165) is 26.3 Å². The van der Waals surface area contributed by atoms with Crippen molar-refractivity contribution < 1.29 is 4.74 Å². The number of fused-ring (bicyclic) bond motifs is 1. The van der Waals surface area contributed by atoms with E-state index >= 15 is 0 Å². The highest BCUT2D eigenvalue weighted by Crippen LogP contribution is 2.24. The van der Waals surface area contributed by atoms with Gasteiger partial charge in [-0.15, -0.1) is 0 Å². The molecule has 3 nitrogen and oxygen atoms in total. The number of hydrogen-bond donors (Lipinski definition) is 1. The molecule has 2 heterocycles. The third kappa shape index (κ3) is 2.10. The lowest BCUT2D eigenvalue weighted by molar-refractivity contribution is -0.0364. The summed E-state index contributed by atoms with van der Waals surface area (Å²) in [5.41, 5.74) is 0.364. The minimum atomic E-state index is 0.364. The van der Waals surface area contributed by atoms with Crippen LogP contribution in [0.25, 0.3) is 0 Å². The summed E-state index contributed by atoms with van der Waals surface area (Å²) in [5, 5.41) is 3.64. The molecular formula is C11H22N2O. The van der Waals surface area contributed by atoms with Crippen LogP contribution in [0.4, 0.5) is 0 Å². The molecule has 2 atom stereocenters. The third-order valence-corrected chi connectivity index (χ3v) is 3.41. The molecule has 2 saturated heterocycles. The zero-order valence-electron chi connectivity index (χ0n) is 9.55. The highest BCUT2D eigenvalue weighted by Gasteiger charge is 2.35. The first-order valence-corrected chi connectivity index (χ1v) is 5.62. The van der Waals surface area contributed by atoms with Gasteiger partial charge in [0.2, 0.25) is 0 Å². The van der Waals surface area contributed by atoms with E-state index in [-0.39, 0.29) is 0 Å². The van der Waals surface area contributed by atoms with Crippen LogP contribution in [0, 0.1) is 5.41 Å². The van der Waals surface area contributed by atoms with Crippen LogP contribution in [0.3, 0.4) is 0 Å². The number of morpholine rings is 1. The average molecular weight is 198 g/mol. The number of rotatable bonds is 0. The zero-order chi connectivity index (χ0) is 10.2. The molecule has 0 saturated carbocycles. The minimum absolute atomic E-state index is 0.364. The van der Waals surface area contributed by atoms with Crippen LogP contribution >= 0.6 is 0 Å². The molecule has 0 aromatic carbocycles. The molecule has 82 valence electrons. The maximum Gasteiger partial charge on any atom is 0.0634 e. The highest BCUT2D eigenvalue weighted by molar-refractivity contribution is 4.92. The molecule has 2 aliphatic heterocycles. The van der Waals surface area contributed by atoms with Crippen molar-refractivity contribution in [3.05, 3.63) is 0 Å². The van der Waals surface area contributed by atoms with Gasteiger partial charge in [-0.2, -0.15) is 0 Å². The molecule has 0 amide bonds. The normalized spacial score (nSPS) is 35.4. The maximum atomic E-state index is 5.48. The van der Waals surface area contributed by atoms with Gasteiger partial charge in [0.05, 0.1) is 13.2 Å². The van der Waals surface area contributed by atoms with Crippen molar-refractivity contribution in [1.29, 1.82) is 0 Å². The fourth-order valence-corrected chi connectivity index (χ4v) is 2.27. The van der Waals surface area contributed by atoms with E-state index in [2.05, 4.69) is 31.0 Å². The van der Waals surface area contributed by atoms with E-state index < -0.39 is 0 Å². The summed E-state index contributed by atoms with van der Waals surface area (Å²) >= 11 is 0. The van der Waals surface area contributed by atoms with Gasteiger partial charge in [0, 0.05) is 31.7 Å². The first-order chi connectivity index (χ1) is 6.57. The predicted molar refractivity (Wildman–Crippen MR) is 57.4 cm³/mol. The molecular weight excluding hydrogens is 176 g/mol. The molecule has 2 rings (SSSR count). The summed E-state index contributed by atoms with van der Waals surface area (Å²) in [6, 6.07) is 1.24. The lowest BCUT2D eigenvalue weighted by Crippen LogP contribution is -2.63. The van der Waals surface area contributed by atoms with E-state index in [4.69, 9.17) is 4.74 Å². The van der Waals surface area contributed by atoms with E-state index in [0.29, 0.717) is 17.5 Å². The Kier molecular flexibility index (Phi) is 2.82. The maximum absolute atomic E-state index is 5.48. The van der Waals surface area contributed by atoms with Gasteiger partial charge in [-0.05, 0) is 5.41 Å². The van der Waals surface area contributed by atoms with Crippen LogP contribution in [0.2, 0.25) is 0 Å². The van der Waals surface area contributed by atoms with Crippen LogP contribution in [0.5, 0.6) is 0 Å². The third-order valence-electron chi connectivity index (χ3n) is 3.41. The monoisotopic (exact) mass is 198 g/mol.